The van der Waals surface area contributed by atoms with Gasteiger partial charge in [0, 0.05) is 10.8 Å². The number of hydrogen-bond acceptors (Lipinski definition) is 3. The smallest absolute Gasteiger partial charge is 0.0832 e. The van der Waals surface area contributed by atoms with E-state index >= 15 is 0 Å². The van der Waals surface area contributed by atoms with Gasteiger partial charge in [0.05, 0.1) is 6.10 Å². The van der Waals surface area contributed by atoms with Crippen LogP contribution in [0.15, 0.2) is 0 Å². The van der Waals surface area contributed by atoms with Crippen LogP contribution in [-0.2, 0) is 0 Å². The first-order valence-electron chi connectivity index (χ1n) is 6.24. The van der Waals surface area contributed by atoms with Crippen LogP contribution in [0.5, 0.6) is 0 Å². The molecule has 0 bridgehead atoms. The Morgan fingerprint density at radius 2 is 1.62 bits per heavy atom. The third-order valence-electron chi connectivity index (χ3n) is 2.65. The summed E-state index contributed by atoms with van der Waals surface area (Å²) in [7, 11) is 0. The normalized spacial score (nSPS) is 16.9. The van der Waals surface area contributed by atoms with Gasteiger partial charge in [-0.25, -0.2) is 0 Å². The minimum Gasteiger partial charge on any atom is -0.390 e. The fraction of sp³-hybridized carbons (Fsp3) is 1.00. The predicted octanol–water partition coefficient (Wildman–Crippen LogP) is 2.89. The second-order valence-corrected chi connectivity index (χ2v) is 7.72. The summed E-state index contributed by atoms with van der Waals surface area (Å²) in [5.74, 6) is 2.26. The number of aliphatic hydroxyl groups is 1. The minimum absolute atomic E-state index is 0.116. The van der Waals surface area contributed by atoms with Crippen molar-refractivity contribution >= 4 is 11.8 Å². The maximum atomic E-state index is 10.3. The summed E-state index contributed by atoms with van der Waals surface area (Å²) in [4.78, 5) is 0. The minimum atomic E-state index is -0.432. The van der Waals surface area contributed by atoms with Gasteiger partial charge in [-0.2, -0.15) is 11.8 Å². The first-order valence-corrected chi connectivity index (χ1v) is 7.23. The van der Waals surface area contributed by atoms with E-state index in [4.69, 9.17) is 5.73 Å². The van der Waals surface area contributed by atoms with Crippen LogP contribution in [0.1, 0.15) is 48.0 Å². The average Bonchev–Trinajstić information content (AvgIpc) is 2.12. The van der Waals surface area contributed by atoms with Gasteiger partial charge in [0.2, 0.25) is 0 Å². The van der Waals surface area contributed by atoms with Crippen molar-refractivity contribution in [2.24, 2.45) is 17.6 Å². The Morgan fingerprint density at radius 3 is 2.00 bits per heavy atom. The zero-order valence-corrected chi connectivity index (χ0v) is 12.5. The van der Waals surface area contributed by atoms with Crippen LogP contribution >= 0.6 is 11.8 Å². The first-order chi connectivity index (χ1) is 7.16. The molecule has 16 heavy (non-hydrogen) atoms. The van der Waals surface area contributed by atoms with E-state index in [1.165, 1.54) is 0 Å². The van der Waals surface area contributed by atoms with E-state index in [2.05, 4.69) is 41.5 Å². The molecule has 3 N–H and O–H groups in total. The standard InChI is InChI=1S/C13H29NOS/c1-9(2)7-11(14)12(15)13(5,6)16-8-10(3)4/h9-12,15H,7-8,14H2,1-6H3. The Kier molecular flexibility index (Phi) is 6.99. The van der Waals surface area contributed by atoms with Crippen molar-refractivity contribution in [2.75, 3.05) is 5.75 Å². The molecule has 0 radical (unpaired) electrons. The molecule has 98 valence electrons. The maximum absolute atomic E-state index is 10.3. The molecule has 0 saturated heterocycles. The second-order valence-electron chi connectivity index (χ2n) is 6.05. The number of nitrogens with two attached hydrogens (primary N) is 1. The van der Waals surface area contributed by atoms with Gasteiger partial charge in [0.25, 0.3) is 0 Å². The van der Waals surface area contributed by atoms with E-state index in [0.717, 1.165) is 12.2 Å². The van der Waals surface area contributed by atoms with Crippen LogP contribution in [0.3, 0.4) is 0 Å². The molecule has 0 fully saturated rings. The second kappa shape index (κ2) is 6.87. The number of hydrogen-bond donors (Lipinski definition) is 2. The van der Waals surface area contributed by atoms with Gasteiger partial charge < -0.3 is 10.8 Å². The summed E-state index contributed by atoms with van der Waals surface area (Å²) >= 11 is 1.82. The van der Waals surface area contributed by atoms with Crippen LogP contribution in [0.25, 0.3) is 0 Å². The third kappa shape index (κ3) is 6.12. The molecule has 0 aliphatic rings. The molecule has 0 aromatic heterocycles. The monoisotopic (exact) mass is 247 g/mol. The highest BCUT2D eigenvalue weighted by atomic mass is 32.2. The van der Waals surface area contributed by atoms with Crippen LogP contribution in [0, 0.1) is 11.8 Å². The van der Waals surface area contributed by atoms with Gasteiger partial charge in [-0.1, -0.05) is 27.7 Å². The van der Waals surface area contributed by atoms with Gasteiger partial charge >= 0.3 is 0 Å². The van der Waals surface area contributed by atoms with Gasteiger partial charge in [0.1, 0.15) is 0 Å². The Morgan fingerprint density at radius 1 is 1.12 bits per heavy atom. The summed E-state index contributed by atoms with van der Waals surface area (Å²) in [5, 5.41) is 10.3. The van der Waals surface area contributed by atoms with Gasteiger partial charge in [-0.05, 0) is 37.9 Å². The Labute approximate surface area is 105 Å². The predicted molar refractivity (Wildman–Crippen MR) is 74.8 cm³/mol. The first kappa shape index (κ1) is 16.3. The van der Waals surface area contributed by atoms with E-state index in [-0.39, 0.29) is 10.8 Å². The lowest BCUT2D eigenvalue weighted by Crippen LogP contribution is -2.47. The van der Waals surface area contributed by atoms with E-state index in [1.54, 1.807) is 0 Å². The lowest BCUT2D eigenvalue weighted by Gasteiger charge is -2.35. The Bertz CT molecular complexity index is 192. The number of rotatable bonds is 7. The van der Waals surface area contributed by atoms with Crippen LogP contribution in [0.2, 0.25) is 0 Å². The van der Waals surface area contributed by atoms with Crippen molar-refractivity contribution in [3.8, 4) is 0 Å². The zero-order chi connectivity index (χ0) is 12.9. The lowest BCUT2D eigenvalue weighted by molar-refractivity contribution is 0.105. The molecule has 0 spiro atoms. The molecule has 0 heterocycles. The Balaban J connectivity index is 4.26. The molecule has 0 amide bonds. The highest BCUT2D eigenvalue weighted by Gasteiger charge is 2.33. The molecule has 0 aromatic carbocycles. The van der Waals surface area contributed by atoms with Crippen molar-refractivity contribution < 1.29 is 5.11 Å². The molecule has 2 unspecified atom stereocenters. The molecular weight excluding hydrogens is 218 g/mol. The Hall–Kier alpha value is 0.270. The van der Waals surface area contributed by atoms with Crippen molar-refractivity contribution in [3.05, 3.63) is 0 Å². The van der Waals surface area contributed by atoms with E-state index in [1.807, 2.05) is 11.8 Å². The quantitative estimate of drug-likeness (QED) is 0.727. The fourth-order valence-electron chi connectivity index (χ4n) is 1.66. The topological polar surface area (TPSA) is 46.2 Å². The van der Waals surface area contributed by atoms with Crippen LogP contribution < -0.4 is 5.73 Å². The number of thioether (sulfide) groups is 1. The summed E-state index contributed by atoms with van der Waals surface area (Å²) in [5.41, 5.74) is 6.05. The van der Waals surface area contributed by atoms with E-state index in [9.17, 15) is 5.11 Å². The van der Waals surface area contributed by atoms with Gasteiger partial charge in [-0.15, -0.1) is 0 Å². The largest absolute Gasteiger partial charge is 0.390 e. The lowest BCUT2D eigenvalue weighted by atomic mass is 9.93. The summed E-state index contributed by atoms with van der Waals surface area (Å²) < 4.78 is -0.154. The highest BCUT2D eigenvalue weighted by Crippen LogP contribution is 2.32. The van der Waals surface area contributed by atoms with E-state index in [0.29, 0.717) is 11.8 Å². The average molecular weight is 247 g/mol. The third-order valence-corrected chi connectivity index (χ3v) is 4.47. The van der Waals surface area contributed by atoms with Gasteiger partial charge in [0.15, 0.2) is 0 Å². The molecule has 2 atom stereocenters. The number of aliphatic hydroxyl groups excluding tert-OH is 1. The SMILES string of the molecule is CC(C)CSC(C)(C)C(O)C(N)CC(C)C. The molecule has 0 saturated carbocycles. The zero-order valence-electron chi connectivity index (χ0n) is 11.7. The van der Waals surface area contributed by atoms with E-state index < -0.39 is 6.10 Å². The summed E-state index contributed by atoms with van der Waals surface area (Å²) in [6, 6.07) is -0.116. The fourth-order valence-corrected chi connectivity index (χ4v) is 2.76. The molecule has 0 aliphatic carbocycles. The molecular formula is C13H29NOS. The van der Waals surface area contributed by atoms with Crippen molar-refractivity contribution in [1.82, 2.24) is 0 Å². The molecule has 3 heteroatoms. The molecule has 2 nitrogen and oxygen atoms in total. The summed E-state index contributed by atoms with van der Waals surface area (Å²) in [6.07, 6.45) is 0.450. The highest BCUT2D eigenvalue weighted by molar-refractivity contribution is 8.00. The molecule has 0 aromatic rings. The summed E-state index contributed by atoms with van der Waals surface area (Å²) in [6.45, 7) is 12.9. The maximum Gasteiger partial charge on any atom is 0.0832 e. The molecule has 0 rings (SSSR count). The molecule has 0 aliphatic heterocycles. The van der Waals surface area contributed by atoms with Gasteiger partial charge in [-0.3, -0.25) is 0 Å². The van der Waals surface area contributed by atoms with Crippen molar-refractivity contribution in [2.45, 2.75) is 64.9 Å². The van der Waals surface area contributed by atoms with Crippen LogP contribution in [0.4, 0.5) is 0 Å². The van der Waals surface area contributed by atoms with Crippen molar-refractivity contribution in [1.29, 1.82) is 0 Å². The van der Waals surface area contributed by atoms with Crippen LogP contribution in [-0.4, -0.2) is 27.8 Å². The van der Waals surface area contributed by atoms with Crippen molar-refractivity contribution in [3.63, 3.8) is 0 Å².